The van der Waals surface area contributed by atoms with Gasteiger partial charge in [0.1, 0.15) is 0 Å². The van der Waals surface area contributed by atoms with Crippen molar-refractivity contribution >= 4 is 27.6 Å². The van der Waals surface area contributed by atoms with Crippen LogP contribution in [0.2, 0.25) is 0 Å². The van der Waals surface area contributed by atoms with Crippen LogP contribution in [-0.2, 0) is 14.8 Å². The van der Waals surface area contributed by atoms with Gasteiger partial charge in [-0.2, -0.15) is 4.31 Å². The van der Waals surface area contributed by atoms with Gasteiger partial charge in [0.15, 0.2) is 0 Å². The second-order valence-electron chi connectivity index (χ2n) is 5.87. The van der Waals surface area contributed by atoms with Gasteiger partial charge < -0.3 is 10.1 Å². The number of benzene rings is 2. The summed E-state index contributed by atoms with van der Waals surface area (Å²) in [4.78, 5) is 24.5. The lowest BCUT2D eigenvalue weighted by atomic mass is 10.1. The molecular formula is C20H24N2O5S. The van der Waals surface area contributed by atoms with Crippen LogP contribution in [0.1, 0.15) is 41.5 Å². The predicted molar refractivity (Wildman–Crippen MR) is 107 cm³/mol. The monoisotopic (exact) mass is 404 g/mol. The topological polar surface area (TPSA) is 92.8 Å². The first kappa shape index (κ1) is 21.6. The van der Waals surface area contributed by atoms with Crippen molar-refractivity contribution in [3.8, 4) is 0 Å². The molecule has 2 aromatic carbocycles. The summed E-state index contributed by atoms with van der Waals surface area (Å²) >= 11 is 0. The molecule has 7 nitrogen and oxygen atoms in total. The maximum atomic E-state index is 12.7. The Morgan fingerprint density at radius 1 is 0.964 bits per heavy atom. The Hall–Kier alpha value is -2.71. The number of sulfonamides is 1. The van der Waals surface area contributed by atoms with E-state index in [9.17, 15) is 18.0 Å². The highest BCUT2D eigenvalue weighted by atomic mass is 32.2. The molecule has 0 heterocycles. The minimum absolute atomic E-state index is 0.0594. The first-order chi connectivity index (χ1) is 13.3. The minimum Gasteiger partial charge on any atom is -0.462 e. The van der Waals surface area contributed by atoms with E-state index in [4.69, 9.17) is 4.74 Å². The number of carbonyl (C=O) groups is 2. The lowest BCUT2D eigenvalue weighted by Gasteiger charge is -2.18. The van der Waals surface area contributed by atoms with Crippen LogP contribution >= 0.6 is 0 Å². The molecule has 0 aromatic heterocycles. The van der Waals surface area contributed by atoms with E-state index in [2.05, 4.69) is 5.32 Å². The van der Waals surface area contributed by atoms with Crippen molar-refractivity contribution in [1.82, 2.24) is 4.31 Å². The van der Waals surface area contributed by atoms with Gasteiger partial charge >= 0.3 is 5.97 Å². The number of carbonyl (C=O) groups excluding carboxylic acids is 2. The van der Waals surface area contributed by atoms with E-state index >= 15 is 0 Å². The Kier molecular flexibility index (Phi) is 7.31. The number of esters is 1. The summed E-state index contributed by atoms with van der Waals surface area (Å²) in [6, 6.07) is 12.2. The highest BCUT2D eigenvalue weighted by Crippen LogP contribution is 2.18. The van der Waals surface area contributed by atoms with Crippen molar-refractivity contribution in [3.05, 3.63) is 59.7 Å². The fraction of sp³-hybridized carbons (Fsp3) is 0.300. The molecule has 0 aliphatic heterocycles. The number of hydrogen-bond acceptors (Lipinski definition) is 5. The number of ether oxygens (including phenoxy) is 1. The fourth-order valence-electron chi connectivity index (χ4n) is 2.65. The van der Waals surface area contributed by atoms with Crippen LogP contribution in [0.4, 0.5) is 5.69 Å². The molecule has 0 bridgehead atoms. The second-order valence-corrected chi connectivity index (χ2v) is 7.81. The zero-order valence-corrected chi connectivity index (χ0v) is 17.0. The SMILES string of the molecule is CCOC(=O)c1cccc(NC(=O)c2cccc(S(=O)(=O)N(CC)CC)c2)c1. The highest BCUT2D eigenvalue weighted by Gasteiger charge is 2.22. The van der Waals surface area contributed by atoms with Crippen molar-refractivity contribution in [2.24, 2.45) is 0 Å². The number of amides is 1. The first-order valence-corrected chi connectivity index (χ1v) is 10.5. The van der Waals surface area contributed by atoms with E-state index in [1.165, 1.54) is 34.6 Å². The lowest BCUT2D eigenvalue weighted by Crippen LogP contribution is -2.30. The van der Waals surface area contributed by atoms with Crippen LogP contribution in [-0.4, -0.2) is 44.3 Å². The van der Waals surface area contributed by atoms with Crippen LogP contribution < -0.4 is 5.32 Å². The van der Waals surface area contributed by atoms with E-state index in [-0.39, 0.29) is 17.1 Å². The molecule has 0 radical (unpaired) electrons. The number of hydrogen-bond donors (Lipinski definition) is 1. The summed E-state index contributed by atoms with van der Waals surface area (Å²) in [7, 11) is -3.66. The van der Waals surface area contributed by atoms with Crippen LogP contribution in [0.3, 0.4) is 0 Å². The third-order valence-corrected chi connectivity index (χ3v) is 6.12. The quantitative estimate of drug-likeness (QED) is 0.682. The van der Waals surface area contributed by atoms with Gasteiger partial charge in [0.2, 0.25) is 10.0 Å². The largest absolute Gasteiger partial charge is 0.462 e. The lowest BCUT2D eigenvalue weighted by molar-refractivity contribution is 0.0526. The Morgan fingerprint density at radius 2 is 1.61 bits per heavy atom. The smallest absolute Gasteiger partial charge is 0.338 e. The van der Waals surface area contributed by atoms with Crippen molar-refractivity contribution in [2.75, 3.05) is 25.0 Å². The zero-order chi connectivity index (χ0) is 20.7. The molecule has 0 saturated heterocycles. The summed E-state index contributed by atoms with van der Waals surface area (Å²) in [6.45, 7) is 6.17. The molecule has 0 atom stereocenters. The maximum Gasteiger partial charge on any atom is 0.338 e. The van der Waals surface area contributed by atoms with E-state index in [1.54, 1.807) is 39.0 Å². The van der Waals surface area contributed by atoms with Crippen molar-refractivity contribution < 1.29 is 22.7 Å². The Morgan fingerprint density at radius 3 is 2.25 bits per heavy atom. The Balaban J connectivity index is 2.25. The molecule has 0 aliphatic carbocycles. The van der Waals surface area contributed by atoms with Crippen molar-refractivity contribution in [3.63, 3.8) is 0 Å². The molecule has 0 unspecified atom stereocenters. The summed E-state index contributed by atoms with van der Waals surface area (Å²) in [5.74, 6) is -0.955. The molecule has 0 saturated carbocycles. The van der Waals surface area contributed by atoms with Gasteiger partial charge in [0, 0.05) is 24.3 Å². The minimum atomic E-state index is -3.66. The van der Waals surface area contributed by atoms with Crippen LogP contribution in [0, 0.1) is 0 Å². The summed E-state index contributed by atoms with van der Waals surface area (Å²) in [5, 5.41) is 2.68. The predicted octanol–water partition coefficient (Wildman–Crippen LogP) is 3.15. The zero-order valence-electron chi connectivity index (χ0n) is 16.1. The van der Waals surface area contributed by atoms with Crippen LogP contribution in [0.15, 0.2) is 53.4 Å². The third-order valence-electron chi connectivity index (χ3n) is 4.07. The van der Waals surface area contributed by atoms with E-state index in [0.29, 0.717) is 24.3 Å². The molecule has 2 aromatic rings. The molecule has 1 amide bonds. The molecule has 150 valence electrons. The van der Waals surface area contributed by atoms with E-state index in [1.807, 2.05) is 0 Å². The second kappa shape index (κ2) is 9.48. The van der Waals surface area contributed by atoms with E-state index < -0.39 is 21.9 Å². The van der Waals surface area contributed by atoms with Gasteiger partial charge in [0.05, 0.1) is 17.1 Å². The summed E-state index contributed by atoms with van der Waals surface area (Å²) < 4.78 is 31.6. The molecule has 28 heavy (non-hydrogen) atoms. The molecule has 2 rings (SSSR count). The average Bonchev–Trinajstić information content (AvgIpc) is 2.69. The van der Waals surface area contributed by atoms with Crippen molar-refractivity contribution in [2.45, 2.75) is 25.7 Å². The molecule has 0 spiro atoms. The van der Waals surface area contributed by atoms with E-state index in [0.717, 1.165) is 0 Å². The van der Waals surface area contributed by atoms with Gasteiger partial charge in [-0.3, -0.25) is 4.79 Å². The number of nitrogens with zero attached hydrogens (tertiary/aromatic N) is 1. The molecule has 0 aliphatic rings. The van der Waals surface area contributed by atoms with Gasteiger partial charge in [-0.1, -0.05) is 26.0 Å². The van der Waals surface area contributed by atoms with Gasteiger partial charge in [-0.25, -0.2) is 13.2 Å². The third kappa shape index (κ3) is 4.96. The molecule has 1 N–H and O–H groups in total. The normalized spacial score (nSPS) is 11.3. The molecule has 0 fully saturated rings. The van der Waals surface area contributed by atoms with Gasteiger partial charge in [0.25, 0.3) is 5.91 Å². The number of rotatable bonds is 8. The van der Waals surface area contributed by atoms with Crippen molar-refractivity contribution in [1.29, 1.82) is 0 Å². The van der Waals surface area contributed by atoms with Crippen LogP contribution in [0.25, 0.3) is 0 Å². The number of anilines is 1. The highest BCUT2D eigenvalue weighted by molar-refractivity contribution is 7.89. The Labute approximate surface area is 165 Å². The summed E-state index contributed by atoms with van der Waals surface area (Å²) in [6.07, 6.45) is 0. The Bertz CT molecular complexity index is 953. The number of nitrogens with one attached hydrogen (secondary N) is 1. The molecular weight excluding hydrogens is 380 g/mol. The maximum absolute atomic E-state index is 12.7. The standard InChI is InChI=1S/C20H24N2O5S/c1-4-22(5-2)28(25,26)18-12-8-9-15(14-18)19(23)21-17-11-7-10-16(13-17)20(24)27-6-3/h7-14H,4-6H2,1-3H3,(H,21,23). The average molecular weight is 404 g/mol. The van der Waals surface area contributed by atoms with Gasteiger partial charge in [-0.15, -0.1) is 0 Å². The fourth-order valence-corrected chi connectivity index (χ4v) is 4.16. The summed E-state index contributed by atoms with van der Waals surface area (Å²) in [5.41, 5.74) is 0.930. The van der Waals surface area contributed by atoms with Crippen LogP contribution in [0.5, 0.6) is 0 Å². The molecule has 8 heteroatoms. The first-order valence-electron chi connectivity index (χ1n) is 9.02. The van der Waals surface area contributed by atoms with Gasteiger partial charge in [-0.05, 0) is 43.3 Å².